The van der Waals surface area contributed by atoms with Gasteiger partial charge in [0.25, 0.3) is 5.91 Å². The topological polar surface area (TPSA) is 113 Å². The molecule has 0 radical (unpaired) electrons. The second-order valence-electron chi connectivity index (χ2n) is 7.94. The Morgan fingerprint density at radius 1 is 1.09 bits per heavy atom. The summed E-state index contributed by atoms with van der Waals surface area (Å²) in [6, 6.07) is 11.7. The van der Waals surface area contributed by atoms with Gasteiger partial charge in [0.05, 0.1) is 11.9 Å². The third-order valence-corrected chi connectivity index (χ3v) is 5.83. The molecule has 1 fully saturated rings. The molecule has 9 heteroatoms. The van der Waals surface area contributed by atoms with Crippen LogP contribution in [0.2, 0.25) is 0 Å². The first-order valence-electron chi connectivity index (χ1n) is 10.3. The number of phenolic OH excluding ortho intramolecular Hbond substituents is 3. The summed E-state index contributed by atoms with van der Waals surface area (Å²) >= 11 is 0. The van der Waals surface area contributed by atoms with E-state index in [-0.39, 0.29) is 41.6 Å². The third kappa shape index (κ3) is 5.15. The fourth-order valence-electron chi connectivity index (χ4n) is 3.94. The number of hydrogen-bond acceptors (Lipinski definition) is 6. The highest BCUT2D eigenvalue weighted by atomic mass is 35.5. The number of benzene rings is 2. The second kappa shape index (κ2) is 9.93. The molecular weight excluding hydrogens is 432 g/mol. The van der Waals surface area contributed by atoms with Crippen molar-refractivity contribution in [3.63, 3.8) is 0 Å². The second-order valence-corrected chi connectivity index (χ2v) is 7.94. The van der Waals surface area contributed by atoms with Gasteiger partial charge in [-0.2, -0.15) is 0 Å². The zero-order chi connectivity index (χ0) is 22.0. The average molecular weight is 459 g/mol. The van der Waals surface area contributed by atoms with Crippen molar-refractivity contribution in [3.05, 3.63) is 60.0 Å². The predicted molar refractivity (Wildman–Crippen MR) is 123 cm³/mol. The first kappa shape index (κ1) is 23.4. The zero-order valence-corrected chi connectivity index (χ0v) is 18.5. The van der Waals surface area contributed by atoms with E-state index in [0.29, 0.717) is 12.4 Å². The van der Waals surface area contributed by atoms with Gasteiger partial charge in [-0.05, 0) is 60.4 Å². The Balaban J connectivity index is 0.00000289. The maximum Gasteiger partial charge on any atom is 0.289 e. The van der Waals surface area contributed by atoms with Gasteiger partial charge in [-0.25, -0.2) is 4.98 Å². The van der Waals surface area contributed by atoms with E-state index in [1.807, 2.05) is 7.05 Å². The molecule has 0 spiro atoms. The first-order valence-corrected chi connectivity index (χ1v) is 10.3. The van der Waals surface area contributed by atoms with E-state index in [9.17, 15) is 20.1 Å². The number of piperidine rings is 1. The Kier molecular flexibility index (Phi) is 7.27. The fourth-order valence-corrected chi connectivity index (χ4v) is 3.94. The van der Waals surface area contributed by atoms with E-state index in [4.69, 9.17) is 0 Å². The van der Waals surface area contributed by atoms with Crippen LogP contribution in [0.1, 0.15) is 29.0 Å². The first-order chi connectivity index (χ1) is 14.9. The average Bonchev–Trinajstić information content (AvgIpc) is 3.26. The Morgan fingerprint density at radius 3 is 2.44 bits per heavy atom. The van der Waals surface area contributed by atoms with Crippen LogP contribution in [0.4, 0.5) is 0 Å². The van der Waals surface area contributed by atoms with E-state index < -0.39 is 0 Å². The van der Waals surface area contributed by atoms with Crippen LogP contribution < -0.4 is 0 Å². The van der Waals surface area contributed by atoms with Gasteiger partial charge in [0.1, 0.15) is 5.75 Å². The van der Waals surface area contributed by atoms with Crippen molar-refractivity contribution in [3.8, 4) is 28.5 Å². The van der Waals surface area contributed by atoms with Crippen molar-refractivity contribution < 1.29 is 20.1 Å². The molecule has 2 heterocycles. The summed E-state index contributed by atoms with van der Waals surface area (Å²) in [5, 5.41) is 28.5. The Morgan fingerprint density at radius 2 is 1.78 bits per heavy atom. The summed E-state index contributed by atoms with van der Waals surface area (Å²) in [7, 11) is 1.81. The number of halogens is 1. The van der Waals surface area contributed by atoms with Crippen LogP contribution in [0.5, 0.6) is 17.2 Å². The van der Waals surface area contributed by atoms with Gasteiger partial charge in [0, 0.05) is 32.7 Å². The molecule has 1 aliphatic rings. The molecule has 0 atom stereocenters. The van der Waals surface area contributed by atoms with E-state index in [1.165, 1.54) is 6.07 Å². The van der Waals surface area contributed by atoms with Gasteiger partial charge in [-0.3, -0.25) is 9.69 Å². The molecular formula is C23H27ClN4O4. The number of nitrogens with one attached hydrogen (secondary N) is 1. The van der Waals surface area contributed by atoms with Gasteiger partial charge < -0.3 is 25.2 Å². The number of imidazole rings is 1. The third-order valence-electron chi connectivity index (χ3n) is 5.83. The zero-order valence-electron chi connectivity index (χ0n) is 17.7. The number of rotatable bonds is 5. The molecule has 0 unspecified atom stereocenters. The quantitative estimate of drug-likeness (QED) is 0.436. The maximum absolute atomic E-state index is 12.9. The lowest BCUT2D eigenvalue weighted by atomic mass is 10.0. The predicted octanol–water partition coefficient (Wildman–Crippen LogP) is 3.35. The van der Waals surface area contributed by atoms with Crippen LogP contribution in [0.15, 0.2) is 48.7 Å². The molecule has 1 aliphatic heterocycles. The molecule has 0 bridgehead atoms. The highest BCUT2D eigenvalue weighted by Crippen LogP contribution is 2.27. The lowest BCUT2D eigenvalue weighted by Gasteiger charge is -2.36. The molecule has 170 valence electrons. The minimum atomic E-state index is -0.146. The molecule has 4 N–H and O–H groups in total. The van der Waals surface area contributed by atoms with Crippen molar-refractivity contribution in [2.45, 2.75) is 25.4 Å². The molecule has 1 saturated heterocycles. The van der Waals surface area contributed by atoms with Gasteiger partial charge in [-0.15, -0.1) is 12.4 Å². The molecule has 0 saturated carbocycles. The van der Waals surface area contributed by atoms with Crippen LogP contribution in [-0.2, 0) is 6.54 Å². The summed E-state index contributed by atoms with van der Waals surface area (Å²) in [6.45, 7) is 2.36. The van der Waals surface area contributed by atoms with E-state index in [0.717, 1.165) is 42.8 Å². The fraction of sp³-hybridized carbons (Fsp3) is 0.304. The maximum atomic E-state index is 12.9. The number of amides is 1. The molecule has 1 amide bonds. The minimum absolute atomic E-state index is 0. The van der Waals surface area contributed by atoms with Crippen molar-refractivity contribution in [1.29, 1.82) is 0 Å². The van der Waals surface area contributed by atoms with Crippen LogP contribution in [0.25, 0.3) is 11.3 Å². The molecule has 32 heavy (non-hydrogen) atoms. The summed E-state index contributed by atoms with van der Waals surface area (Å²) in [6.07, 6.45) is 3.32. The minimum Gasteiger partial charge on any atom is -0.508 e. The summed E-state index contributed by atoms with van der Waals surface area (Å²) in [4.78, 5) is 24.3. The summed E-state index contributed by atoms with van der Waals surface area (Å²) in [5.41, 5.74) is 2.51. The lowest BCUT2D eigenvalue weighted by molar-refractivity contribution is 0.0625. The number of hydrogen-bond donors (Lipinski definition) is 4. The van der Waals surface area contributed by atoms with E-state index in [1.54, 1.807) is 47.5 Å². The summed E-state index contributed by atoms with van der Waals surface area (Å²) < 4.78 is 0. The molecule has 2 aromatic carbocycles. The number of aromatic hydroxyl groups is 3. The molecule has 4 rings (SSSR count). The van der Waals surface area contributed by atoms with Gasteiger partial charge in [-0.1, -0.05) is 6.07 Å². The van der Waals surface area contributed by atoms with Crippen molar-refractivity contribution >= 4 is 18.3 Å². The van der Waals surface area contributed by atoms with Gasteiger partial charge in [0.15, 0.2) is 17.3 Å². The standard InChI is InChI=1S/C23H26N4O4.ClH/c1-26(23(31)22-24-13-19(25-22)16-3-5-18(28)6-4-16)17-8-10-27(11-9-17)14-15-2-7-20(29)21(30)12-15;/h2-7,12-13,17,28-30H,8-11,14H2,1H3,(H,24,25);1H. The Labute approximate surface area is 192 Å². The molecule has 0 aliphatic carbocycles. The van der Waals surface area contributed by atoms with Crippen LogP contribution in [-0.4, -0.2) is 67.2 Å². The number of phenols is 3. The van der Waals surface area contributed by atoms with Crippen LogP contribution >= 0.6 is 12.4 Å². The van der Waals surface area contributed by atoms with Gasteiger partial charge >= 0.3 is 0 Å². The highest BCUT2D eigenvalue weighted by molar-refractivity contribution is 5.91. The number of H-pyrrole nitrogens is 1. The van der Waals surface area contributed by atoms with Crippen LogP contribution in [0.3, 0.4) is 0 Å². The number of aromatic amines is 1. The SMILES string of the molecule is CN(C(=O)c1ncc(-c2ccc(O)cc2)[nH]1)C1CCN(Cc2ccc(O)c(O)c2)CC1.Cl. The van der Waals surface area contributed by atoms with Crippen LogP contribution in [0, 0.1) is 0 Å². The van der Waals surface area contributed by atoms with Crippen molar-refractivity contribution in [2.24, 2.45) is 0 Å². The molecule has 3 aromatic rings. The van der Waals surface area contributed by atoms with Gasteiger partial charge in [0.2, 0.25) is 0 Å². The normalized spacial score (nSPS) is 14.7. The van der Waals surface area contributed by atoms with E-state index in [2.05, 4.69) is 14.9 Å². The lowest BCUT2D eigenvalue weighted by Crippen LogP contribution is -2.45. The monoisotopic (exact) mass is 458 g/mol. The number of nitrogens with zero attached hydrogens (tertiary/aromatic N) is 3. The number of carbonyl (C=O) groups excluding carboxylic acids is 1. The van der Waals surface area contributed by atoms with Crippen molar-refractivity contribution in [1.82, 2.24) is 19.8 Å². The van der Waals surface area contributed by atoms with Crippen molar-refractivity contribution in [2.75, 3.05) is 20.1 Å². The van der Waals surface area contributed by atoms with E-state index >= 15 is 0 Å². The molecule has 8 nitrogen and oxygen atoms in total. The number of aromatic nitrogens is 2. The number of likely N-dealkylation sites (tertiary alicyclic amines) is 1. The number of carbonyl (C=O) groups is 1. The highest BCUT2D eigenvalue weighted by Gasteiger charge is 2.27. The Hall–Kier alpha value is -3.23. The Bertz CT molecular complexity index is 1060. The smallest absolute Gasteiger partial charge is 0.289 e. The molecule has 1 aromatic heterocycles. The summed E-state index contributed by atoms with van der Waals surface area (Å²) in [5.74, 6) is 0.115. The largest absolute Gasteiger partial charge is 0.508 e.